The lowest BCUT2D eigenvalue weighted by molar-refractivity contribution is -0.296. The maximum atomic E-state index is 14.3. The third-order valence-electron chi connectivity index (χ3n) is 11.4. The van der Waals surface area contributed by atoms with Crippen LogP contribution >= 0.6 is 0 Å². The van der Waals surface area contributed by atoms with Crippen molar-refractivity contribution in [3.63, 3.8) is 0 Å². The molecule has 1 aromatic carbocycles. The Morgan fingerprint density at radius 1 is 1.07 bits per heavy atom. The number of aliphatic hydroxyl groups is 1. The molecule has 3 aliphatic heterocycles. The van der Waals surface area contributed by atoms with Gasteiger partial charge in [-0.1, -0.05) is 57.7 Å². The Morgan fingerprint density at radius 3 is 2.50 bits per heavy atom. The first kappa shape index (κ1) is 41.2. The van der Waals surface area contributed by atoms with E-state index in [1.165, 1.54) is 0 Å². The standard InChI is InChI=1S/C41H55N3O10/c1-10-32-41(7)36(43-39(49)54-41)26(5)34(47)23(2)21-40(6,50-17-13-14-27-19-28-15-11-12-16-29(28)42-22-27)37(25(4)31(45)20-33(46)52-32)53-38-35(48)30(44(8)9)18-24(3)51-38/h11-12,15-16,19,22-26,30,32,35-38,48H,10,17-18,20-21H2,1-9H3,(H,43,49)/t23-,24-,25+,26-,30+,32+,35-,36-,37-,38+,40+,41-/m1/s1. The van der Waals surface area contributed by atoms with E-state index in [0.717, 1.165) is 10.9 Å². The number of nitrogens with zero attached hydrogens (tertiary/aromatic N) is 2. The van der Waals surface area contributed by atoms with Gasteiger partial charge in [-0.2, -0.15) is 0 Å². The van der Waals surface area contributed by atoms with Gasteiger partial charge in [-0.05, 0) is 66.3 Å². The Hall–Kier alpha value is -3.93. The van der Waals surface area contributed by atoms with Crippen molar-refractivity contribution >= 4 is 34.5 Å². The molecule has 54 heavy (non-hydrogen) atoms. The number of fused-ring (bicyclic) bond motifs is 2. The number of para-hydroxylation sites is 1. The highest BCUT2D eigenvalue weighted by Gasteiger charge is 2.57. The van der Waals surface area contributed by atoms with Crippen molar-refractivity contribution in [1.29, 1.82) is 0 Å². The van der Waals surface area contributed by atoms with E-state index < -0.39 is 83.9 Å². The Morgan fingerprint density at radius 2 is 1.80 bits per heavy atom. The number of ether oxygens (including phenoxy) is 5. The van der Waals surface area contributed by atoms with E-state index in [-0.39, 0.29) is 37.4 Å². The maximum absolute atomic E-state index is 14.3. The first-order valence-electron chi connectivity index (χ1n) is 18.9. The summed E-state index contributed by atoms with van der Waals surface area (Å²) in [4.78, 5) is 60.9. The van der Waals surface area contributed by atoms with Crippen LogP contribution < -0.4 is 5.32 Å². The SMILES string of the molecule is CC[C@@H]1OC(=O)CC(=O)[C@H](C)[C@@H](O[C@@H]2O[C@H](C)C[C@H](N(C)C)[C@H]2O)[C@@](C)(OCC#Cc2cnc3ccccc3c2)C[C@@H](C)C(=O)[C@@H](C)[C@H]2NC(=O)O[C@]12C. The summed E-state index contributed by atoms with van der Waals surface area (Å²) >= 11 is 0. The number of Topliss-reactive ketones (excluding diaryl/α,β-unsaturated/α-hetero) is 2. The zero-order valence-corrected chi connectivity index (χ0v) is 32.8. The van der Waals surface area contributed by atoms with Gasteiger partial charge in [-0.25, -0.2) is 4.79 Å². The van der Waals surface area contributed by atoms with Gasteiger partial charge in [0.05, 0.1) is 29.4 Å². The third-order valence-corrected chi connectivity index (χ3v) is 11.4. The molecule has 0 saturated carbocycles. The number of likely N-dealkylation sites (N-methyl/N-ethyl adjacent to an activating group) is 1. The maximum Gasteiger partial charge on any atom is 0.408 e. The second-order valence-corrected chi connectivity index (χ2v) is 15.8. The highest BCUT2D eigenvalue weighted by molar-refractivity contribution is 5.97. The molecule has 3 saturated heterocycles. The van der Waals surface area contributed by atoms with Gasteiger partial charge in [-0.3, -0.25) is 19.4 Å². The number of aromatic nitrogens is 1. The Bertz CT molecular complexity index is 1770. The first-order valence-corrected chi connectivity index (χ1v) is 18.9. The van der Waals surface area contributed by atoms with E-state index in [0.29, 0.717) is 12.0 Å². The van der Waals surface area contributed by atoms with E-state index in [2.05, 4.69) is 22.1 Å². The topological polar surface area (TPSA) is 163 Å². The van der Waals surface area contributed by atoms with Gasteiger partial charge in [0, 0.05) is 40.9 Å². The van der Waals surface area contributed by atoms with Gasteiger partial charge >= 0.3 is 12.1 Å². The van der Waals surface area contributed by atoms with Crippen molar-refractivity contribution in [3.8, 4) is 11.8 Å². The largest absolute Gasteiger partial charge is 0.458 e. The summed E-state index contributed by atoms with van der Waals surface area (Å²) in [6.07, 6.45) is -3.35. The van der Waals surface area contributed by atoms with E-state index >= 15 is 0 Å². The lowest BCUT2D eigenvalue weighted by atomic mass is 9.74. The number of amides is 1. The molecule has 4 heterocycles. The molecular formula is C41H55N3O10. The number of cyclic esters (lactones) is 1. The first-order chi connectivity index (χ1) is 25.5. The summed E-state index contributed by atoms with van der Waals surface area (Å²) in [6, 6.07) is 8.50. The number of nitrogens with one attached hydrogen (secondary N) is 1. The molecule has 0 aliphatic carbocycles. The van der Waals surface area contributed by atoms with Crippen LogP contribution in [-0.2, 0) is 38.1 Å². The van der Waals surface area contributed by atoms with Crippen molar-refractivity contribution in [1.82, 2.24) is 15.2 Å². The van der Waals surface area contributed by atoms with Gasteiger partial charge < -0.3 is 39.0 Å². The van der Waals surface area contributed by atoms with Gasteiger partial charge in [0.15, 0.2) is 11.9 Å². The molecule has 1 amide bonds. The van der Waals surface area contributed by atoms with E-state index in [4.69, 9.17) is 23.7 Å². The highest BCUT2D eigenvalue weighted by Crippen LogP contribution is 2.40. The van der Waals surface area contributed by atoms with E-state index in [1.807, 2.05) is 56.3 Å². The van der Waals surface area contributed by atoms with Gasteiger partial charge in [0.1, 0.15) is 36.8 Å². The number of carbonyl (C=O) groups is 4. The molecule has 3 aliphatic rings. The predicted octanol–water partition coefficient (Wildman–Crippen LogP) is 4.20. The van der Waals surface area contributed by atoms with Crippen molar-refractivity contribution in [2.75, 3.05) is 20.7 Å². The fraction of sp³-hybridized carbons (Fsp3) is 0.634. The van der Waals surface area contributed by atoms with Crippen molar-refractivity contribution in [3.05, 3.63) is 42.1 Å². The summed E-state index contributed by atoms with van der Waals surface area (Å²) in [6.45, 7) is 12.1. The summed E-state index contributed by atoms with van der Waals surface area (Å²) in [5.41, 5.74) is -1.25. The van der Waals surface area contributed by atoms with Crippen LogP contribution in [0.2, 0.25) is 0 Å². The van der Waals surface area contributed by atoms with Crippen LogP contribution in [-0.4, -0.2) is 113 Å². The lowest BCUT2D eigenvalue weighted by Gasteiger charge is -2.47. The lowest BCUT2D eigenvalue weighted by Crippen LogP contribution is -2.59. The molecule has 5 rings (SSSR count). The molecule has 1 aromatic heterocycles. The average Bonchev–Trinajstić information content (AvgIpc) is 3.44. The number of ketones is 2. The van der Waals surface area contributed by atoms with Crippen LogP contribution in [0.25, 0.3) is 10.9 Å². The van der Waals surface area contributed by atoms with Crippen LogP contribution in [0.15, 0.2) is 36.5 Å². The molecule has 13 heteroatoms. The number of pyridine rings is 1. The second kappa shape index (κ2) is 16.8. The molecule has 0 radical (unpaired) electrons. The van der Waals surface area contributed by atoms with Crippen LogP contribution in [0.4, 0.5) is 4.79 Å². The number of carbonyl (C=O) groups excluding carboxylic acids is 4. The molecule has 0 spiro atoms. The number of aliphatic hydroxyl groups excluding tert-OH is 1. The molecule has 0 unspecified atom stereocenters. The molecule has 2 N–H and O–H groups in total. The summed E-state index contributed by atoms with van der Waals surface area (Å²) in [5, 5.41) is 15.2. The quantitative estimate of drug-likeness (QED) is 0.246. The smallest absolute Gasteiger partial charge is 0.408 e. The van der Waals surface area contributed by atoms with E-state index in [9.17, 15) is 24.3 Å². The van der Waals surface area contributed by atoms with Crippen LogP contribution in [0.1, 0.15) is 79.7 Å². The number of hydrogen-bond acceptors (Lipinski definition) is 12. The van der Waals surface area contributed by atoms with Crippen LogP contribution in [0, 0.1) is 29.6 Å². The molecule has 3 fully saturated rings. The predicted molar refractivity (Wildman–Crippen MR) is 199 cm³/mol. The van der Waals surface area contributed by atoms with Crippen LogP contribution in [0.5, 0.6) is 0 Å². The normalized spacial score (nSPS) is 36.7. The van der Waals surface area contributed by atoms with Gasteiger partial charge in [-0.15, -0.1) is 0 Å². The van der Waals surface area contributed by atoms with Crippen molar-refractivity contribution < 1.29 is 48.0 Å². The summed E-state index contributed by atoms with van der Waals surface area (Å²) in [5.74, 6) is 2.21. The Kier molecular flexibility index (Phi) is 12.9. The molecule has 294 valence electrons. The minimum atomic E-state index is -1.39. The van der Waals surface area contributed by atoms with Crippen molar-refractivity contribution in [2.45, 2.75) is 128 Å². The fourth-order valence-electron chi connectivity index (χ4n) is 8.38. The number of esters is 1. The number of alkyl carbamates (subject to hydrolysis) is 1. The molecule has 12 atom stereocenters. The minimum absolute atomic E-state index is 0.0625. The van der Waals surface area contributed by atoms with Crippen LogP contribution in [0.3, 0.4) is 0 Å². The minimum Gasteiger partial charge on any atom is -0.458 e. The zero-order chi connectivity index (χ0) is 39.5. The zero-order valence-electron chi connectivity index (χ0n) is 32.8. The molecule has 0 bridgehead atoms. The number of hydrogen-bond donors (Lipinski definition) is 2. The number of rotatable bonds is 6. The van der Waals surface area contributed by atoms with E-state index in [1.54, 1.807) is 47.7 Å². The van der Waals surface area contributed by atoms with Gasteiger partial charge in [0.25, 0.3) is 0 Å². The van der Waals surface area contributed by atoms with Gasteiger partial charge in [0.2, 0.25) is 0 Å². The summed E-state index contributed by atoms with van der Waals surface area (Å²) < 4.78 is 31.0. The van der Waals surface area contributed by atoms with Crippen molar-refractivity contribution in [2.24, 2.45) is 17.8 Å². The fourth-order valence-corrected chi connectivity index (χ4v) is 8.38. The average molecular weight is 750 g/mol. The Labute approximate surface area is 317 Å². The number of benzene rings is 1. The molecule has 13 nitrogen and oxygen atoms in total. The Balaban J connectivity index is 1.54. The monoisotopic (exact) mass is 749 g/mol. The molecular weight excluding hydrogens is 694 g/mol. The molecule has 2 aromatic rings. The highest BCUT2D eigenvalue weighted by atomic mass is 16.7. The third kappa shape index (κ3) is 8.79. The second-order valence-electron chi connectivity index (χ2n) is 15.8. The summed E-state index contributed by atoms with van der Waals surface area (Å²) in [7, 11) is 3.72.